The Kier molecular flexibility index (Phi) is 4.70. The number of nitrogens with one attached hydrogen (secondary N) is 2. The van der Waals surface area contributed by atoms with Gasteiger partial charge in [-0.25, -0.2) is 4.98 Å². The van der Waals surface area contributed by atoms with E-state index >= 15 is 0 Å². The van der Waals surface area contributed by atoms with Crippen LogP contribution in [0.25, 0.3) is 17.1 Å². The van der Waals surface area contributed by atoms with Crippen LogP contribution < -0.4 is 5.32 Å². The molecule has 0 bridgehead atoms. The molecule has 0 saturated heterocycles. The molecule has 0 aliphatic carbocycles. The molecule has 0 aliphatic rings. The van der Waals surface area contributed by atoms with E-state index in [0.29, 0.717) is 13.0 Å². The molecule has 2 heterocycles. The van der Waals surface area contributed by atoms with Gasteiger partial charge in [0.05, 0.1) is 14.8 Å². The maximum Gasteiger partial charge on any atom is 0.244 e. The Morgan fingerprint density at radius 1 is 1.32 bits per heavy atom. The third kappa shape index (κ3) is 3.84. The number of fused-ring (bicyclic) bond motifs is 1. The molecule has 6 heteroatoms. The second-order valence-corrected chi connectivity index (χ2v) is 7.21. The molecule has 2 N–H and O–H groups in total. The van der Waals surface area contributed by atoms with Crippen molar-refractivity contribution >= 4 is 50.3 Å². The molecular weight excluding hydrogens is 362 g/mol. The van der Waals surface area contributed by atoms with E-state index in [1.54, 1.807) is 17.4 Å². The van der Waals surface area contributed by atoms with Crippen molar-refractivity contribution in [2.45, 2.75) is 6.42 Å². The third-order valence-corrected chi connectivity index (χ3v) is 4.68. The number of rotatable bonds is 5. The van der Waals surface area contributed by atoms with Gasteiger partial charge < -0.3 is 10.3 Å². The summed E-state index contributed by atoms with van der Waals surface area (Å²) in [7, 11) is 0. The number of H-pyrrole nitrogens is 1. The Labute approximate surface area is 140 Å². The topological polar surface area (TPSA) is 57.8 Å². The van der Waals surface area contributed by atoms with Gasteiger partial charge in [0.2, 0.25) is 5.91 Å². The van der Waals surface area contributed by atoms with Crippen LogP contribution in [-0.4, -0.2) is 22.4 Å². The Morgan fingerprint density at radius 3 is 2.95 bits per heavy atom. The third-order valence-electron chi connectivity index (χ3n) is 3.09. The highest BCUT2D eigenvalue weighted by atomic mass is 79.9. The molecule has 3 aromatic rings. The Hall–Kier alpha value is -1.92. The molecule has 3 rings (SSSR count). The van der Waals surface area contributed by atoms with Crippen LogP contribution in [0, 0.1) is 0 Å². The number of para-hydroxylation sites is 2. The average Bonchev–Trinajstić information content (AvgIpc) is 3.10. The molecule has 22 heavy (non-hydrogen) atoms. The first-order chi connectivity index (χ1) is 10.7. The fraction of sp³-hybridized carbons (Fsp3) is 0.125. The number of carbonyl (C=O) groups is 1. The van der Waals surface area contributed by atoms with Gasteiger partial charge in [-0.05, 0) is 46.3 Å². The number of aromatic nitrogens is 2. The maximum atomic E-state index is 11.7. The second-order valence-electron chi connectivity index (χ2n) is 4.72. The summed E-state index contributed by atoms with van der Waals surface area (Å²) in [5.74, 6) is 0.785. The van der Waals surface area contributed by atoms with Crippen molar-refractivity contribution in [3.63, 3.8) is 0 Å². The summed E-state index contributed by atoms with van der Waals surface area (Å²) in [6, 6.07) is 11.8. The average molecular weight is 376 g/mol. The van der Waals surface area contributed by atoms with E-state index in [2.05, 4.69) is 31.2 Å². The smallest absolute Gasteiger partial charge is 0.244 e. The number of amides is 1. The molecule has 1 aromatic carbocycles. The zero-order chi connectivity index (χ0) is 15.4. The van der Waals surface area contributed by atoms with E-state index in [4.69, 9.17) is 0 Å². The Bertz CT molecular complexity index is 789. The van der Waals surface area contributed by atoms with Crippen molar-refractivity contribution in [1.82, 2.24) is 15.3 Å². The first kappa shape index (κ1) is 15.0. The monoisotopic (exact) mass is 375 g/mol. The highest BCUT2D eigenvalue weighted by molar-refractivity contribution is 9.11. The van der Waals surface area contributed by atoms with Gasteiger partial charge in [0.25, 0.3) is 0 Å². The lowest BCUT2D eigenvalue weighted by Gasteiger charge is -1.99. The molecule has 2 aromatic heterocycles. The molecule has 0 atom stereocenters. The van der Waals surface area contributed by atoms with E-state index < -0.39 is 0 Å². The van der Waals surface area contributed by atoms with E-state index in [-0.39, 0.29) is 5.91 Å². The van der Waals surface area contributed by atoms with Crippen molar-refractivity contribution in [1.29, 1.82) is 0 Å². The molecule has 1 amide bonds. The predicted octanol–water partition coefficient (Wildman–Crippen LogP) is 3.76. The van der Waals surface area contributed by atoms with Crippen molar-refractivity contribution < 1.29 is 4.79 Å². The molecule has 0 unspecified atom stereocenters. The van der Waals surface area contributed by atoms with Crippen LogP contribution >= 0.6 is 27.3 Å². The zero-order valence-electron chi connectivity index (χ0n) is 11.7. The molecule has 0 radical (unpaired) electrons. The van der Waals surface area contributed by atoms with Crippen LogP contribution in [0.1, 0.15) is 10.7 Å². The maximum absolute atomic E-state index is 11.7. The van der Waals surface area contributed by atoms with E-state index in [0.717, 1.165) is 25.5 Å². The Balaban J connectivity index is 1.50. The van der Waals surface area contributed by atoms with Gasteiger partial charge in [0.1, 0.15) is 5.82 Å². The fourth-order valence-corrected chi connectivity index (χ4v) is 3.39. The Morgan fingerprint density at radius 2 is 2.18 bits per heavy atom. The minimum atomic E-state index is -0.0966. The van der Waals surface area contributed by atoms with Crippen LogP contribution in [0.15, 0.2) is 46.3 Å². The normalized spacial score (nSPS) is 11.3. The largest absolute Gasteiger partial charge is 0.352 e. The summed E-state index contributed by atoms with van der Waals surface area (Å²) in [6.07, 6.45) is 4.04. The van der Waals surface area contributed by atoms with Gasteiger partial charge in [0, 0.05) is 23.9 Å². The summed E-state index contributed by atoms with van der Waals surface area (Å²) in [6.45, 7) is 0.553. The minimum Gasteiger partial charge on any atom is -0.352 e. The highest BCUT2D eigenvalue weighted by Crippen LogP contribution is 2.22. The predicted molar refractivity (Wildman–Crippen MR) is 93.9 cm³/mol. The van der Waals surface area contributed by atoms with Gasteiger partial charge in [-0.2, -0.15) is 0 Å². The van der Waals surface area contributed by atoms with Gasteiger partial charge >= 0.3 is 0 Å². The quantitative estimate of drug-likeness (QED) is 0.667. The summed E-state index contributed by atoms with van der Waals surface area (Å²) < 4.78 is 1.05. The van der Waals surface area contributed by atoms with Gasteiger partial charge in [-0.15, -0.1) is 11.3 Å². The lowest BCUT2D eigenvalue weighted by Crippen LogP contribution is -2.23. The minimum absolute atomic E-state index is 0.0966. The van der Waals surface area contributed by atoms with Crippen LogP contribution in [0.4, 0.5) is 0 Å². The molecular formula is C16H14BrN3OS. The number of halogens is 1. The van der Waals surface area contributed by atoms with Crippen molar-refractivity contribution in [2.75, 3.05) is 6.54 Å². The first-order valence-corrected chi connectivity index (χ1v) is 8.46. The van der Waals surface area contributed by atoms with Crippen LogP contribution in [0.2, 0.25) is 0 Å². The van der Waals surface area contributed by atoms with Gasteiger partial charge in [-0.3, -0.25) is 4.79 Å². The molecule has 112 valence electrons. The summed E-state index contributed by atoms with van der Waals surface area (Å²) >= 11 is 4.98. The van der Waals surface area contributed by atoms with E-state index in [9.17, 15) is 4.79 Å². The summed E-state index contributed by atoms with van der Waals surface area (Å²) in [4.78, 5) is 20.5. The highest BCUT2D eigenvalue weighted by Gasteiger charge is 2.02. The lowest BCUT2D eigenvalue weighted by molar-refractivity contribution is -0.116. The first-order valence-electron chi connectivity index (χ1n) is 6.85. The lowest BCUT2D eigenvalue weighted by atomic mass is 10.3. The number of nitrogens with zero attached hydrogens (tertiary/aromatic N) is 1. The number of carbonyl (C=O) groups excluding carboxylic acids is 1. The fourth-order valence-electron chi connectivity index (χ4n) is 2.06. The number of aromatic amines is 1. The van der Waals surface area contributed by atoms with E-state index in [1.165, 1.54) is 0 Å². The summed E-state index contributed by atoms with van der Waals surface area (Å²) in [5.41, 5.74) is 1.97. The van der Waals surface area contributed by atoms with Gasteiger partial charge in [-0.1, -0.05) is 12.1 Å². The molecule has 0 fully saturated rings. The molecule has 4 nitrogen and oxygen atoms in total. The number of thiophene rings is 1. The van der Waals surface area contributed by atoms with Crippen LogP contribution in [0.5, 0.6) is 0 Å². The summed E-state index contributed by atoms with van der Waals surface area (Å²) in [5, 5.41) is 2.86. The standard InChI is InChI=1S/C16H14BrN3OS/c17-14-7-5-11(22-14)6-8-16(21)18-10-9-15-19-12-3-1-2-4-13(12)20-15/h1-8H,9-10H2,(H,18,21)(H,19,20)/b8-6+. The number of benzene rings is 1. The van der Waals surface area contributed by atoms with Gasteiger partial charge in [0.15, 0.2) is 0 Å². The van der Waals surface area contributed by atoms with E-state index in [1.807, 2.05) is 42.5 Å². The SMILES string of the molecule is O=C(/C=C/c1ccc(Br)s1)NCCc1nc2ccccc2[nH]1. The second kappa shape index (κ2) is 6.89. The van der Waals surface area contributed by atoms with Crippen LogP contribution in [0.3, 0.4) is 0 Å². The zero-order valence-corrected chi connectivity index (χ0v) is 14.1. The molecule has 0 aliphatic heterocycles. The van der Waals surface area contributed by atoms with Crippen molar-refractivity contribution in [3.8, 4) is 0 Å². The van der Waals surface area contributed by atoms with Crippen LogP contribution in [-0.2, 0) is 11.2 Å². The van der Waals surface area contributed by atoms with Crippen molar-refractivity contribution in [3.05, 3.63) is 57.0 Å². The molecule has 0 saturated carbocycles. The molecule has 0 spiro atoms. The number of imidazole rings is 1. The number of hydrogen-bond donors (Lipinski definition) is 2. The van der Waals surface area contributed by atoms with Crippen molar-refractivity contribution in [2.24, 2.45) is 0 Å². The number of hydrogen-bond acceptors (Lipinski definition) is 3.